The highest BCUT2D eigenvalue weighted by Crippen LogP contribution is 2.34. The summed E-state index contributed by atoms with van der Waals surface area (Å²) in [7, 11) is 0. The Labute approximate surface area is 193 Å². The van der Waals surface area contributed by atoms with Crippen LogP contribution in [0.4, 0.5) is 4.39 Å². The lowest BCUT2D eigenvalue weighted by atomic mass is 9.94. The van der Waals surface area contributed by atoms with Crippen LogP contribution in [0.1, 0.15) is 48.5 Å². The van der Waals surface area contributed by atoms with Gasteiger partial charge >= 0.3 is 0 Å². The maximum atomic E-state index is 13.9. The van der Waals surface area contributed by atoms with Gasteiger partial charge in [0.05, 0.1) is 44.7 Å². The third kappa shape index (κ3) is 6.00. The molecular weight excluding hydrogens is 435 g/mol. The van der Waals surface area contributed by atoms with E-state index in [1.165, 1.54) is 0 Å². The van der Waals surface area contributed by atoms with E-state index in [2.05, 4.69) is 0 Å². The standard InChI is InChI=1S/C25H30ClFO5/c26-23-7-4-18(24-13-20(29)12-22(14-28)32-24)11-19(23)10-17-2-5-21(6-3-17)31-9-1-8-25(27)15-30-16-25/h2-7,11,20,22,24,28-29H,1,8-10,12-16H2. The number of alkyl halides is 1. The highest BCUT2D eigenvalue weighted by atomic mass is 35.5. The van der Waals surface area contributed by atoms with Gasteiger partial charge in [-0.2, -0.15) is 0 Å². The van der Waals surface area contributed by atoms with Crippen LogP contribution in [0, 0.1) is 0 Å². The number of benzene rings is 2. The van der Waals surface area contributed by atoms with Crippen LogP contribution in [0.2, 0.25) is 5.02 Å². The summed E-state index contributed by atoms with van der Waals surface area (Å²) in [5, 5.41) is 20.2. The molecule has 0 aliphatic carbocycles. The van der Waals surface area contributed by atoms with Gasteiger partial charge in [0.2, 0.25) is 0 Å². The first-order chi connectivity index (χ1) is 15.4. The van der Waals surface area contributed by atoms with Gasteiger partial charge in [-0.3, -0.25) is 0 Å². The van der Waals surface area contributed by atoms with E-state index in [1.54, 1.807) is 0 Å². The van der Waals surface area contributed by atoms with Crippen molar-refractivity contribution < 1.29 is 28.8 Å². The minimum absolute atomic E-state index is 0.106. The lowest BCUT2D eigenvalue weighted by molar-refractivity contribution is -0.134. The van der Waals surface area contributed by atoms with Crippen molar-refractivity contribution >= 4 is 11.6 Å². The predicted octanol–water partition coefficient (Wildman–Crippen LogP) is 4.40. The Morgan fingerprint density at radius 2 is 1.91 bits per heavy atom. The molecule has 5 nitrogen and oxygen atoms in total. The van der Waals surface area contributed by atoms with Gasteiger partial charge in [0, 0.05) is 17.9 Å². The van der Waals surface area contributed by atoms with E-state index in [0.29, 0.717) is 43.7 Å². The Bertz CT molecular complexity index is 886. The van der Waals surface area contributed by atoms with Gasteiger partial charge in [-0.05, 0) is 54.2 Å². The maximum absolute atomic E-state index is 13.9. The van der Waals surface area contributed by atoms with Crippen molar-refractivity contribution in [2.24, 2.45) is 0 Å². The molecule has 2 aliphatic heterocycles. The fraction of sp³-hybridized carbons (Fsp3) is 0.520. The molecule has 0 amide bonds. The molecule has 0 radical (unpaired) electrons. The summed E-state index contributed by atoms with van der Waals surface area (Å²) in [6.07, 6.45) is 1.60. The summed E-state index contributed by atoms with van der Waals surface area (Å²) in [6.45, 7) is 0.758. The molecule has 2 N–H and O–H groups in total. The number of rotatable bonds is 9. The molecule has 2 aliphatic rings. The van der Waals surface area contributed by atoms with E-state index in [0.717, 1.165) is 22.4 Å². The van der Waals surface area contributed by atoms with Crippen LogP contribution in [0.5, 0.6) is 5.75 Å². The Morgan fingerprint density at radius 3 is 2.59 bits per heavy atom. The third-order valence-corrected chi connectivity index (χ3v) is 6.47. The monoisotopic (exact) mass is 464 g/mol. The third-order valence-electron chi connectivity index (χ3n) is 6.10. The van der Waals surface area contributed by atoms with E-state index in [1.807, 2.05) is 42.5 Å². The fourth-order valence-corrected chi connectivity index (χ4v) is 4.41. The molecule has 7 heteroatoms. The predicted molar refractivity (Wildman–Crippen MR) is 120 cm³/mol. The normalized spacial score (nSPS) is 24.7. The molecule has 4 rings (SSSR count). The minimum atomic E-state index is -1.17. The molecule has 2 heterocycles. The number of aliphatic hydroxyl groups excluding tert-OH is 2. The number of ether oxygens (including phenoxy) is 3. The molecule has 2 fully saturated rings. The van der Waals surface area contributed by atoms with Gasteiger partial charge in [-0.1, -0.05) is 35.9 Å². The molecular formula is C25H30ClFO5. The van der Waals surface area contributed by atoms with E-state index >= 15 is 0 Å². The van der Waals surface area contributed by atoms with Gasteiger partial charge in [0.15, 0.2) is 5.67 Å². The molecule has 2 saturated heterocycles. The first-order valence-electron chi connectivity index (χ1n) is 11.2. The zero-order valence-electron chi connectivity index (χ0n) is 18.0. The number of halogens is 2. The molecule has 3 atom stereocenters. The second kappa shape index (κ2) is 10.5. The summed E-state index contributed by atoms with van der Waals surface area (Å²) in [5.41, 5.74) is 1.84. The number of hydrogen-bond donors (Lipinski definition) is 2. The van der Waals surface area contributed by atoms with Crippen LogP contribution in [0.3, 0.4) is 0 Å². The minimum Gasteiger partial charge on any atom is -0.494 e. The molecule has 174 valence electrons. The first kappa shape index (κ1) is 23.5. The Balaban J connectivity index is 1.33. The Hall–Kier alpha value is -1.70. The van der Waals surface area contributed by atoms with Crippen molar-refractivity contribution in [1.29, 1.82) is 0 Å². The summed E-state index contributed by atoms with van der Waals surface area (Å²) >= 11 is 6.44. The number of aliphatic hydroxyl groups is 2. The van der Waals surface area contributed by atoms with Crippen molar-refractivity contribution in [2.45, 2.75) is 56.1 Å². The van der Waals surface area contributed by atoms with E-state index in [-0.39, 0.29) is 32.0 Å². The lowest BCUT2D eigenvalue weighted by Crippen LogP contribution is -2.45. The Morgan fingerprint density at radius 1 is 1.12 bits per heavy atom. The average Bonchev–Trinajstić information content (AvgIpc) is 2.77. The van der Waals surface area contributed by atoms with Crippen LogP contribution in [-0.4, -0.2) is 54.5 Å². The van der Waals surface area contributed by atoms with Crippen LogP contribution in [0.25, 0.3) is 0 Å². The largest absolute Gasteiger partial charge is 0.494 e. The van der Waals surface area contributed by atoms with E-state index in [4.69, 9.17) is 25.8 Å². The highest BCUT2D eigenvalue weighted by Gasteiger charge is 2.37. The van der Waals surface area contributed by atoms with E-state index in [9.17, 15) is 14.6 Å². The van der Waals surface area contributed by atoms with Crippen molar-refractivity contribution in [3.05, 3.63) is 64.2 Å². The summed E-state index contributed by atoms with van der Waals surface area (Å²) < 4.78 is 30.5. The molecule has 0 aromatic heterocycles. The zero-order chi connectivity index (χ0) is 22.6. The molecule has 2 aromatic carbocycles. The lowest BCUT2D eigenvalue weighted by Gasteiger charge is -2.33. The summed E-state index contributed by atoms with van der Waals surface area (Å²) in [4.78, 5) is 0. The smallest absolute Gasteiger partial charge is 0.157 e. The van der Waals surface area contributed by atoms with Crippen LogP contribution in [-0.2, 0) is 15.9 Å². The molecule has 32 heavy (non-hydrogen) atoms. The maximum Gasteiger partial charge on any atom is 0.157 e. The fourth-order valence-electron chi connectivity index (χ4n) is 4.22. The molecule has 0 bridgehead atoms. The summed E-state index contributed by atoms with van der Waals surface area (Å²) in [5.74, 6) is 0.756. The van der Waals surface area contributed by atoms with Gasteiger partial charge in [-0.25, -0.2) is 4.39 Å². The van der Waals surface area contributed by atoms with Gasteiger partial charge in [-0.15, -0.1) is 0 Å². The van der Waals surface area contributed by atoms with Gasteiger partial charge < -0.3 is 24.4 Å². The van der Waals surface area contributed by atoms with Crippen molar-refractivity contribution in [3.63, 3.8) is 0 Å². The average molecular weight is 465 g/mol. The molecule has 0 saturated carbocycles. The van der Waals surface area contributed by atoms with E-state index < -0.39 is 11.8 Å². The zero-order valence-corrected chi connectivity index (χ0v) is 18.8. The van der Waals surface area contributed by atoms with Gasteiger partial charge in [0.25, 0.3) is 0 Å². The Kier molecular flexibility index (Phi) is 7.69. The van der Waals surface area contributed by atoms with Crippen molar-refractivity contribution in [3.8, 4) is 5.75 Å². The topological polar surface area (TPSA) is 68.2 Å². The SMILES string of the molecule is OCC1CC(O)CC(c2ccc(Cl)c(Cc3ccc(OCCCC4(F)COC4)cc3)c2)O1. The second-order valence-corrected chi connectivity index (χ2v) is 9.23. The van der Waals surface area contributed by atoms with Crippen LogP contribution < -0.4 is 4.74 Å². The first-order valence-corrected chi connectivity index (χ1v) is 11.5. The van der Waals surface area contributed by atoms with Crippen molar-refractivity contribution in [2.75, 3.05) is 26.4 Å². The van der Waals surface area contributed by atoms with Crippen LogP contribution >= 0.6 is 11.6 Å². The molecule has 0 spiro atoms. The second-order valence-electron chi connectivity index (χ2n) is 8.82. The number of hydrogen-bond acceptors (Lipinski definition) is 5. The van der Waals surface area contributed by atoms with Gasteiger partial charge in [0.1, 0.15) is 5.75 Å². The van der Waals surface area contributed by atoms with Crippen molar-refractivity contribution in [1.82, 2.24) is 0 Å². The highest BCUT2D eigenvalue weighted by molar-refractivity contribution is 6.31. The molecule has 3 unspecified atom stereocenters. The molecule has 2 aromatic rings. The summed E-state index contributed by atoms with van der Waals surface area (Å²) in [6, 6.07) is 13.6. The quantitative estimate of drug-likeness (QED) is 0.538. The van der Waals surface area contributed by atoms with Crippen LogP contribution in [0.15, 0.2) is 42.5 Å².